The maximum Gasteiger partial charge on any atom is 0.323 e. The van der Waals surface area contributed by atoms with Crippen molar-refractivity contribution in [3.05, 3.63) is 57.0 Å². The fraction of sp³-hybridized carbons (Fsp3) is 0.0667. The average Bonchev–Trinajstić information content (AvgIpc) is 2.43. The number of urea groups is 1. The molecule has 2 rings (SSSR count). The molecule has 0 aromatic heterocycles. The van der Waals surface area contributed by atoms with Crippen LogP contribution in [-0.2, 0) is 0 Å². The van der Waals surface area contributed by atoms with Crippen molar-refractivity contribution in [2.75, 3.05) is 10.6 Å². The van der Waals surface area contributed by atoms with E-state index in [1.807, 2.05) is 12.1 Å². The Labute approximate surface area is 139 Å². The summed E-state index contributed by atoms with van der Waals surface area (Å²) < 4.78 is 1.64. The van der Waals surface area contributed by atoms with E-state index in [4.69, 9.17) is 0 Å². The number of hydrogen-bond donors (Lipinski definition) is 2. The molecule has 0 aliphatic rings. The topological polar surface area (TPSA) is 58.2 Å². The molecule has 21 heavy (non-hydrogen) atoms. The first-order chi connectivity index (χ1) is 9.95. The van der Waals surface area contributed by atoms with E-state index in [1.165, 1.54) is 6.92 Å². The highest BCUT2D eigenvalue weighted by atomic mass is 79.9. The first kappa shape index (κ1) is 15.7. The second-order valence-corrected chi connectivity index (χ2v) is 6.11. The summed E-state index contributed by atoms with van der Waals surface area (Å²) in [6.07, 6.45) is 0. The van der Waals surface area contributed by atoms with Gasteiger partial charge in [0.2, 0.25) is 0 Å². The minimum absolute atomic E-state index is 0.0474. The van der Waals surface area contributed by atoms with E-state index in [0.717, 1.165) is 8.95 Å². The molecule has 6 heteroatoms. The molecule has 0 atom stereocenters. The summed E-state index contributed by atoms with van der Waals surface area (Å²) >= 11 is 6.72. The normalized spacial score (nSPS) is 10.0. The summed E-state index contributed by atoms with van der Waals surface area (Å²) in [5.41, 5.74) is 1.76. The van der Waals surface area contributed by atoms with E-state index in [1.54, 1.807) is 30.3 Å². The van der Waals surface area contributed by atoms with Crippen molar-refractivity contribution in [3.8, 4) is 0 Å². The monoisotopic (exact) mass is 410 g/mol. The number of rotatable bonds is 3. The lowest BCUT2D eigenvalue weighted by atomic mass is 10.1. The quantitative estimate of drug-likeness (QED) is 0.693. The first-order valence-electron chi connectivity index (χ1n) is 6.10. The summed E-state index contributed by atoms with van der Waals surface area (Å²) in [6, 6.07) is 11.9. The van der Waals surface area contributed by atoms with Gasteiger partial charge in [-0.15, -0.1) is 0 Å². The molecule has 0 fully saturated rings. The van der Waals surface area contributed by atoms with Gasteiger partial charge in [-0.05, 0) is 53.2 Å². The Morgan fingerprint density at radius 2 is 1.76 bits per heavy atom. The van der Waals surface area contributed by atoms with E-state index >= 15 is 0 Å². The number of hydrogen-bond acceptors (Lipinski definition) is 2. The van der Waals surface area contributed by atoms with Gasteiger partial charge >= 0.3 is 6.03 Å². The molecule has 0 saturated carbocycles. The first-order valence-corrected chi connectivity index (χ1v) is 7.68. The van der Waals surface area contributed by atoms with Gasteiger partial charge in [-0.2, -0.15) is 0 Å². The van der Waals surface area contributed by atoms with Crippen molar-refractivity contribution in [1.82, 2.24) is 0 Å². The van der Waals surface area contributed by atoms with Gasteiger partial charge in [0.05, 0.1) is 5.69 Å². The van der Waals surface area contributed by atoms with Crippen molar-refractivity contribution in [1.29, 1.82) is 0 Å². The fourth-order valence-corrected chi connectivity index (χ4v) is 2.40. The van der Waals surface area contributed by atoms with Crippen LogP contribution in [0.25, 0.3) is 0 Å². The van der Waals surface area contributed by atoms with E-state index in [2.05, 4.69) is 42.5 Å². The highest BCUT2D eigenvalue weighted by molar-refractivity contribution is 9.11. The number of ketones is 1. The van der Waals surface area contributed by atoms with Gasteiger partial charge in [-0.25, -0.2) is 4.79 Å². The van der Waals surface area contributed by atoms with Crippen molar-refractivity contribution < 1.29 is 9.59 Å². The molecule has 0 aliphatic heterocycles. The molecule has 0 radical (unpaired) electrons. The number of benzene rings is 2. The van der Waals surface area contributed by atoms with Crippen LogP contribution in [0.2, 0.25) is 0 Å². The minimum atomic E-state index is -0.380. The van der Waals surface area contributed by atoms with Gasteiger partial charge in [0, 0.05) is 20.2 Å². The predicted molar refractivity (Wildman–Crippen MR) is 90.9 cm³/mol. The summed E-state index contributed by atoms with van der Waals surface area (Å²) in [6.45, 7) is 1.48. The van der Waals surface area contributed by atoms with Crippen LogP contribution < -0.4 is 10.6 Å². The number of halogens is 2. The number of carbonyl (C=O) groups is 2. The van der Waals surface area contributed by atoms with E-state index in [-0.39, 0.29) is 11.8 Å². The average molecular weight is 412 g/mol. The summed E-state index contributed by atoms with van der Waals surface area (Å²) in [7, 11) is 0. The molecule has 0 saturated heterocycles. The highest BCUT2D eigenvalue weighted by Crippen LogP contribution is 2.26. The zero-order valence-electron chi connectivity index (χ0n) is 11.1. The predicted octanol–water partition coefficient (Wildman–Crippen LogP) is 5.06. The highest BCUT2D eigenvalue weighted by Gasteiger charge is 2.07. The molecule has 2 aromatic rings. The maximum absolute atomic E-state index is 12.0. The summed E-state index contributed by atoms with van der Waals surface area (Å²) in [5.74, 6) is -0.0474. The van der Waals surface area contributed by atoms with Crippen LogP contribution in [0.4, 0.5) is 16.2 Å². The van der Waals surface area contributed by atoms with Crippen LogP contribution in [-0.4, -0.2) is 11.8 Å². The number of anilines is 2. The zero-order chi connectivity index (χ0) is 15.4. The Morgan fingerprint density at radius 3 is 2.48 bits per heavy atom. The Balaban J connectivity index is 2.10. The second kappa shape index (κ2) is 6.87. The summed E-state index contributed by atoms with van der Waals surface area (Å²) in [4.78, 5) is 23.3. The lowest BCUT2D eigenvalue weighted by Gasteiger charge is -2.10. The SMILES string of the molecule is CC(=O)c1cccc(NC(=O)Nc2cc(Br)ccc2Br)c1. The third-order valence-corrected chi connectivity index (χ3v) is 3.89. The third-order valence-electron chi connectivity index (χ3n) is 2.70. The molecule has 0 bridgehead atoms. The molecule has 0 aliphatic carbocycles. The van der Waals surface area contributed by atoms with Gasteiger partial charge in [0.1, 0.15) is 0 Å². The fourth-order valence-electron chi connectivity index (χ4n) is 1.69. The Bertz CT molecular complexity index is 702. The molecular weight excluding hydrogens is 400 g/mol. The zero-order valence-corrected chi connectivity index (χ0v) is 14.3. The standard InChI is InChI=1S/C15H12Br2N2O2/c1-9(20)10-3-2-4-12(7-10)18-15(21)19-14-8-11(16)5-6-13(14)17/h2-8H,1H3,(H2,18,19,21). The molecular formula is C15H12Br2N2O2. The van der Waals surface area contributed by atoms with Gasteiger partial charge in [-0.3, -0.25) is 4.79 Å². The van der Waals surface area contributed by atoms with E-state index in [9.17, 15) is 9.59 Å². The van der Waals surface area contributed by atoms with E-state index in [0.29, 0.717) is 16.9 Å². The lowest BCUT2D eigenvalue weighted by Crippen LogP contribution is -2.19. The number of Topliss-reactive ketones (excluding diaryl/α,β-unsaturated/α-hetero) is 1. The Kier molecular flexibility index (Phi) is 5.14. The van der Waals surface area contributed by atoms with Crippen molar-refractivity contribution in [2.45, 2.75) is 6.92 Å². The van der Waals surface area contributed by atoms with Crippen molar-refractivity contribution in [2.24, 2.45) is 0 Å². The van der Waals surface area contributed by atoms with Crippen LogP contribution in [0.5, 0.6) is 0 Å². The van der Waals surface area contributed by atoms with E-state index < -0.39 is 0 Å². The molecule has 0 spiro atoms. The van der Waals surface area contributed by atoms with Crippen LogP contribution >= 0.6 is 31.9 Å². The molecule has 2 N–H and O–H groups in total. The van der Waals surface area contributed by atoms with Gasteiger partial charge in [0.25, 0.3) is 0 Å². The van der Waals surface area contributed by atoms with Gasteiger partial charge in [0.15, 0.2) is 5.78 Å². The minimum Gasteiger partial charge on any atom is -0.308 e. The van der Waals surface area contributed by atoms with Crippen molar-refractivity contribution in [3.63, 3.8) is 0 Å². The molecule has 4 nitrogen and oxygen atoms in total. The van der Waals surface area contributed by atoms with Crippen LogP contribution in [0.1, 0.15) is 17.3 Å². The third kappa shape index (κ3) is 4.41. The molecule has 2 aromatic carbocycles. The Morgan fingerprint density at radius 1 is 1.00 bits per heavy atom. The Hall–Kier alpha value is -1.66. The van der Waals surface area contributed by atoms with Crippen LogP contribution in [0.3, 0.4) is 0 Å². The van der Waals surface area contributed by atoms with Crippen molar-refractivity contribution >= 4 is 55.0 Å². The van der Waals surface area contributed by atoms with Gasteiger partial charge in [-0.1, -0.05) is 28.1 Å². The second-order valence-electron chi connectivity index (χ2n) is 4.34. The van der Waals surface area contributed by atoms with Crippen LogP contribution in [0.15, 0.2) is 51.4 Å². The lowest BCUT2D eigenvalue weighted by molar-refractivity contribution is 0.101. The number of carbonyl (C=O) groups excluding carboxylic acids is 2. The number of nitrogens with one attached hydrogen (secondary N) is 2. The number of amides is 2. The summed E-state index contributed by atoms with van der Waals surface area (Å²) in [5, 5.41) is 5.43. The van der Waals surface area contributed by atoms with Gasteiger partial charge < -0.3 is 10.6 Å². The maximum atomic E-state index is 12.0. The molecule has 108 valence electrons. The van der Waals surface area contributed by atoms with Crippen LogP contribution in [0, 0.1) is 0 Å². The smallest absolute Gasteiger partial charge is 0.308 e. The molecule has 0 unspecified atom stereocenters. The largest absolute Gasteiger partial charge is 0.323 e. The molecule has 2 amide bonds. The molecule has 0 heterocycles.